The minimum atomic E-state index is -0.469. The van der Waals surface area contributed by atoms with Gasteiger partial charge in [0.25, 0.3) is 0 Å². The van der Waals surface area contributed by atoms with Crippen LogP contribution >= 0.6 is 0 Å². The summed E-state index contributed by atoms with van der Waals surface area (Å²) in [6.07, 6.45) is 3.58. The van der Waals surface area contributed by atoms with E-state index in [1.54, 1.807) is 0 Å². The molecule has 0 aromatic carbocycles. The van der Waals surface area contributed by atoms with Crippen LogP contribution in [0.15, 0.2) is 0 Å². The first kappa shape index (κ1) is 13.5. The molecule has 2 N–H and O–H groups in total. The predicted molar refractivity (Wildman–Crippen MR) is 67.2 cm³/mol. The van der Waals surface area contributed by atoms with Crippen molar-refractivity contribution in [3.05, 3.63) is 0 Å². The molecule has 1 aliphatic rings. The summed E-state index contributed by atoms with van der Waals surface area (Å²) < 4.78 is 0. The molecule has 0 spiro atoms. The van der Waals surface area contributed by atoms with Gasteiger partial charge in [-0.3, -0.25) is 4.79 Å². The predicted octanol–water partition coefficient (Wildman–Crippen LogP) is 1.93. The zero-order valence-electron chi connectivity index (χ0n) is 11.3. The molecule has 1 saturated carbocycles. The first-order valence-corrected chi connectivity index (χ1v) is 6.36. The minimum absolute atomic E-state index is 0.112. The van der Waals surface area contributed by atoms with E-state index in [0.717, 1.165) is 12.3 Å². The molecule has 1 amide bonds. The molecule has 16 heavy (non-hydrogen) atoms. The highest BCUT2D eigenvalue weighted by atomic mass is 16.2. The molecule has 0 saturated heterocycles. The maximum atomic E-state index is 12.0. The number of amides is 1. The standard InChI is InChI=1S/C13H26N2O/c1-9-6-7-11(10(2)8-9)15-12(16)13(3,4)14-5/h9-11,14H,6-8H2,1-5H3,(H,15,16). The number of hydrogen-bond donors (Lipinski definition) is 2. The van der Waals surface area contributed by atoms with Crippen LogP contribution in [0.1, 0.15) is 47.0 Å². The Morgan fingerprint density at radius 2 is 1.88 bits per heavy atom. The van der Waals surface area contributed by atoms with E-state index in [2.05, 4.69) is 24.5 Å². The van der Waals surface area contributed by atoms with Gasteiger partial charge in [0.1, 0.15) is 0 Å². The fraction of sp³-hybridized carbons (Fsp3) is 0.923. The van der Waals surface area contributed by atoms with E-state index in [4.69, 9.17) is 0 Å². The van der Waals surface area contributed by atoms with Crippen molar-refractivity contribution < 1.29 is 4.79 Å². The molecule has 0 heterocycles. The Morgan fingerprint density at radius 1 is 1.25 bits per heavy atom. The van der Waals surface area contributed by atoms with Crippen molar-refractivity contribution in [3.8, 4) is 0 Å². The van der Waals surface area contributed by atoms with Crippen molar-refractivity contribution >= 4 is 5.91 Å². The maximum absolute atomic E-state index is 12.0. The number of carbonyl (C=O) groups is 1. The van der Waals surface area contributed by atoms with Gasteiger partial charge in [0, 0.05) is 6.04 Å². The summed E-state index contributed by atoms with van der Waals surface area (Å²) in [6, 6.07) is 0.358. The van der Waals surface area contributed by atoms with Crippen LogP contribution in [0.4, 0.5) is 0 Å². The van der Waals surface area contributed by atoms with E-state index < -0.39 is 5.54 Å². The summed E-state index contributed by atoms with van der Waals surface area (Å²) >= 11 is 0. The van der Waals surface area contributed by atoms with E-state index in [9.17, 15) is 4.79 Å². The SMILES string of the molecule is CNC(C)(C)C(=O)NC1CCC(C)CC1C. The Balaban J connectivity index is 2.51. The molecule has 0 bridgehead atoms. The number of hydrogen-bond acceptors (Lipinski definition) is 2. The summed E-state index contributed by atoms with van der Waals surface area (Å²) in [5.74, 6) is 1.52. The molecule has 1 rings (SSSR count). The molecule has 3 heteroatoms. The lowest BCUT2D eigenvalue weighted by atomic mass is 9.79. The molecule has 0 radical (unpaired) electrons. The van der Waals surface area contributed by atoms with Gasteiger partial charge >= 0.3 is 0 Å². The third-order valence-corrected chi connectivity index (χ3v) is 3.94. The second kappa shape index (κ2) is 5.17. The number of carbonyl (C=O) groups excluding carboxylic acids is 1. The summed E-state index contributed by atoms with van der Waals surface area (Å²) in [5, 5.41) is 6.22. The second-order valence-corrected chi connectivity index (χ2v) is 5.85. The van der Waals surface area contributed by atoms with E-state index in [0.29, 0.717) is 12.0 Å². The van der Waals surface area contributed by atoms with Gasteiger partial charge < -0.3 is 10.6 Å². The van der Waals surface area contributed by atoms with Crippen molar-refractivity contribution in [1.82, 2.24) is 10.6 Å². The topological polar surface area (TPSA) is 41.1 Å². The normalized spacial score (nSPS) is 31.2. The maximum Gasteiger partial charge on any atom is 0.239 e. The monoisotopic (exact) mass is 226 g/mol. The minimum Gasteiger partial charge on any atom is -0.352 e. The van der Waals surface area contributed by atoms with Crippen molar-refractivity contribution in [1.29, 1.82) is 0 Å². The van der Waals surface area contributed by atoms with Crippen molar-refractivity contribution in [2.45, 2.75) is 58.5 Å². The lowest BCUT2D eigenvalue weighted by Gasteiger charge is -2.35. The lowest BCUT2D eigenvalue weighted by Crippen LogP contribution is -2.55. The molecule has 3 unspecified atom stereocenters. The van der Waals surface area contributed by atoms with E-state index in [1.807, 2.05) is 20.9 Å². The fourth-order valence-corrected chi connectivity index (χ4v) is 2.34. The second-order valence-electron chi connectivity index (χ2n) is 5.85. The Hall–Kier alpha value is -0.570. The van der Waals surface area contributed by atoms with E-state index in [-0.39, 0.29) is 5.91 Å². The first-order valence-electron chi connectivity index (χ1n) is 6.36. The average Bonchev–Trinajstić information content (AvgIpc) is 2.22. The Kier molecular flexibility index (Phi) is 4.36. The highest BCUT2D eigenvalue weighted by Gasteiger charge is 2.31. The van der Waals surface area contributed by atoms with Crippen molar-refractivity contribution in [2.75, 3.05) is 7.05 Å². The molecule has 3 nitrogen and oxygen atoms in total. The van der Waals surface area contributed by atoms with Crippen LogP contribution in [0.3, 0.4) is 0 Å². The summed E-state index contributed by atoms with van der Waals surface area (Å²) in [5.41, 5.74) is -0.469. The Morgan fingerprint density at radius 3 is 2.38 bits per heavy atom. The number of rotatable bonds is 3. The van der Waals surface area contributed by atoms with Crippen LogP contribution in [0, 0.1) is 11.8 Å². The van der Waals surface area contributed by atoms with Crippen LogP contribution < -0.4 is 10.6 Å². The quantitative estimate of drug-likeness (QED) is 0.772. The fourth-order valence-electron chi connectivity index (χ4n) is 2.34. The van der Waals surface area contributed by atoms with Crippen LogP contribution in [0.25, 0.3) is 0 Å². The summed E-state index contributed by atoms with van der Waals surface area (Å²) in [7, 11) is 1.83. The lowest BCUT2D eigenvalue weighted by molar-refractivity contribution is -0.127. The molecule has 3 atom stereocenters. The van der Waals surface area contributed by atoms with Crippen LogP contribution in [-0.2, 0) is 4.79 Å². The van der Waals surface area contributed by atoms with Gasteiger partial charge in [-0.15, -0.1) is 0 Å². The van der Waals surface area contributed by atoms with Crippen LogP contribution in [0.2, 0.25) is 0 Å². The summed E-state index contributed by atoms with van der Waals surface area (Å²) in [4.78, 5) is 12.0. The average molecular weight is 226 g/mol. The van der Waals surface area contributed by atoms with Crippen LogP contribution in [0.5, 0.6) is 0 Å². The van der Waals surface area contributed by atoms with Gasteiger partial charge in [0.15, 0.2) is 0 Å². The van der Waals surface area contributed by atoms with Gasteiger partial charge in [-0.1, -0.05) is 13.8 Å². The molecule has 0 aliphatic heterocycles. The smallest absolute Gasteiger partial charge is 0.239 e. The molecule has 0 aromatic rings. The highest BCUT2D eigenvalue weighted by Crippen LogP contribution is 2.28. The van der Waals surface area contributed by atoms with Gasteiger partial charge in [0.2, 0.25) is 5.91 Å². The zero-order valence-corrected chi connectivity index (χ0v) is 11.3. The molecular formula is C13H26N2O. The van der Waals surface area contributed by atoms with Gasteiger partial charge in [-0.05, 0) is 52.0 Å². The van der Waals surface area contributed by atoms with E-state index in [1.165, 1.54) is 12.8 Å². The zero-order chi connectivity index (χ0) is 12.3. The number of likely N-dealkylation sites (N-methyl/N-ethyl adjacent to an activating group) is 1. The molecular weight excluding hydrogens is 200 g/mol. The Labute approximate surface area is 99.4 Å². The third kappa shape index (κ3) is 3.21. The first-order chi connectivity index (χ1) is 7.36. The molecule has 1 aliphatic carbocycles. The van der Waals surface area contributed by atoms with Crippen LogP contribution in [-0.4, -0.2) is 24.5 Å². The van der Waals surface area contributed by atoms with Crippen molar-refractivity contribution in [3.63, 3.8) is 0 Å². The largest absolute Gasteiger partial charge is 0.352 e. The highest BCUT2D eigenvalue weighted by molar-refractivity contribution is 5.85. The Bertz CT molecular complexity index is 250. The number of nitrogens with one attached hydrogen (secondary N) is 2. The molecule has 94 valence electrons. The molecule has 1 fully saturated rings. The summed E-state index contributed by atoms with van der Waals surface area (Å²) in [6.45, 7) is 8.37. The molecule has 0 aromatic heterocycles. The van der Waals surface area contributed by atoms with Gasteiger partial charge in [0.05, 0.1) is 5.54 Å². The van der Waals surface area contributed by atoms with Crippen molar-refractivity contribution in [2.24, 2.45) is 11.8 Å². The van der Waals surface area contributed by atoms with E-state index >= 15 is 0 Å². The third-order valence-electron chi connectivity index (χ3n) is 3.94. The van der Waals surface area contributed by atoms with Gasteiger partial charge in [-0.2, -0.15) is 0 Å². The van der Waals surface area contributed by atoms with Gasteiger partial charge in [-0.25, -0.2) is 0 Å².